The number of nitrogens with zero attached hydrogens (tertiary/aromatic N) is 4. The smallest absolute Gasteiger partial charge is 0.244 e. The summed E-state index contributed by atoms with van der Waals surface area (Å²) in [5.41, 5.74) is 1.68. The predicted octanol–water partition coefficient (Wildman–Crippen LogP) is 4.32. The first-order chi connectivity index (χ1) is 15.4. The molecule has 7 nitrogen and oxygen atoms in total. The zero-order valence-corrected chi connectivity index (χ0v) is 18.5. The fraction of sp³-hybridized carbons (Fsp3) is 0.381. The fourth-order valence-corrected chi connectivity index (χ4v) is 5.38. The fourth-order valence-electron chi connectivity index (χ4n) is 4.13. The van der Waals surface area contributed by atoms with E-state index in [0.717, 1.165) is 49.0 Å². The summed E-state index contributed by atoms with van der Waals surface area (Å²) in [4.78, 5) is 8.10. The second-order valence-electron chi connectivity index (χ2n) is 7.67. The van der Waals surface area contributed by atoms with Gasteiger partial charge in [0.2, 0.25) is 10.0 Å². The number of sulfonamides is 1. The van der Waals surface area contributed by atoms with Gasteiger partial charge in [0.05, 0.1) is 29.5 Å². The number of alkyl halides is 2. The Hall–Kier alpha value is -2.61. The van der Waals surface area contributed by atoms with E-state index in [4.69, 9.17) is 11.6 Å². The molecule has 4 rings (SSSR count). The van der Waals surface area contributed by atoms with Gasteiger partial charge in [-0.25, -0.2) is 31.9 Å². The standard InChI is InChI=1S/C21H20ClF2N5O2S/c22-13-5-6-17-18(10-25)20(29(19(17)7-13)15-3-1-2-4-15)21-26-11-16(12-27-21)32(30,31)28-14(8-23)9-24/h5-7,11-12,14-15,28H,1-4,8-9H2. The Morgan fingerprint density at radius 2 is 1.88 bits per heavy atom. The first-order valence-electron chi connectivity index (χ1n) is 10.1. The van der Waals surface area contributed by atoms with Gasteiger partial charge in [-0.05, 0) is 31.0 Å². The topological polar surface area (TPSA) is 101 Å². The molecule has 168 valence electrons. The molecule has 1 N–H and O–H groups in total. The number of hydrogen-bond donors (Lipinski definition) is 1. The van der Waals surface area contributed by atoms with Crippen LogP contribution >= 0.6 is 11.6 Å². The van der Waals surface area contributed by atoms with Gasteiger partial charge >= 0.3 is 0 Å². The van der Waals surface area contributed by atoms with Crippen LogP contribution in [0, 0.1) is 11.3 Å². The molecule has 1 aliphatic rings. The number of nitriles is 1. The minimum absolute atomic E-state index is 0.136. The van der Waals surface area contributed by atoms with Gasteiger partial charge in [-0.15, -0.1) is 0 Å². The molecule has 32 heavy (non-hydrogen) atoms. The highest BCUT2D eigenvalue weighted by Crippen LogP contribution is 2.41. The van der Waals surface area contributed by atoms with E-state index in [1.165, 1.54) is 0 Å². The lowest BCUT2D eigenvalue weighted by atomic mass is 10.1. The van der Waals surface area contributed by atoms with Crippen molar-refractivity contribution in [1.82, 2.24) is 19.3 Å². The Bertz CT molecular complexity index is 1280. The first-order valence-corrected chi connectivity index (χ1v) is 12.0. The molecule has 2 aromatic heterocycles. The number of fused-ring (bicyclic) bond motifs is 1. The summed E-state index contributed by atoms with van der Waals surface area (Å²) in [5.74, 6) is 0.187. The molecule has 2 heterocycles. The van der Waals surface area contributed by atoms with E-state index in [-0.39, 0.29) is 16.8 Å². The Labute approximate surface area is 189 Å². The van der Waals surface area contributed by atoms with Crippen LogP contribution in [-0.4, -0.2) is 42.3 Å². The molecule has 0 unspecified atom stereocenters. The Morgan fingerprint density at radius 3 is 2.47 bits per heavy atom. The van der Waals surface area contributed by atoms with Crippen LogP contribution in [0.2, 0.25) is 5.02 Å². The molecule has 1 saturated carbocycles. The molecule has 1 aromatic carbocycles. The van der Waals surface area contributed by atoms with Crippen LogP contribution in [0.25, 0.3) is 22.4 Å². The lowest BCUT2D eigenvalue weighted by Crippen LogP contribution is -2.38. The molecule has 0 aliphatic heterocycles. The summed E-state index contributed by atoms with van der Waals surface area (Å²) in [6, 6.07) is 6.18. The number of halogens is 3. The number of benzene rings is 1. The van der Waals surface area contributed by atoms with Gasteiger partial charge in [-0.3, -0.25) is 0 Å². The summed E-state index contributed by atoms with van der Waals surface area (Å²) < 4.78 is 54.3. The van der Waals surface area contributed by atoms with Gasteiger partial charge in [0, 0.05) is 16.5 Å². The van der Waals surface area contributed by atoms with Crippen molar-refractivity contribution in [2.75, 3.05) is 13.3 Å². The Balaban J connectivity index is 1.83. The zero-order valence-electron chi connectivity index (χ0n) is 16.9. The quantitative estimate of drug-likeness (QED) is 0.543. The highest BCUT2D eigenvalue weighted by Gasteiger charge is 2.28. The van der Waals surface area contributed by atoms with E-state index in [1.807, 2.05) is 9.29 Å². The monoisotopic (exact) mass is 479 g/mol. The van der Waals surface area contributed by atoms with Crippen molar-refractivity contribution in [3.8, 4) is 17.6 Å². The summed E-state index contributed by atoms with van der Waals surface area (Å²) in [6.07, 6.45) is 6.11. The average Bonchev–Trinajstić information content (AvgIpc) is 3.42. The minimum Gasteiger partial charge on any atom is -0.334 e. The van der Waals surface area contributed by atoms with Gasteiger partial charge in [0.25, 0.3) is 0 Å². The van der Waals surface area contributed by atoms with Crippen molar-refractivity contribution in [3.63, 3.8) is 0 Å². The van der Waals surface area contributed by atoms with Crippen molar-refractivity contribution in [2.45, 2.75) is 42.7 Å². The third-order valence-corrected chi connectivity index (χ3v) is 7.32. The van der Waals surface area contributed by atoms with Gasteiger partial charge in [0.15, 0.2) is 5.82 Å². The maximum Gasteiger partial charge on any atom is 0.244 e. The van der Waals surface area contributed by atoms with Gasteiger partial charge in [-0.2, -0.15) is 5.26 Å². The van der Waals surface area contributed by atoms with Gasteiger partial charge < -0.3 is 4.57 Å². The molecule has 0 saturated heterocycles. The third-order valence-electron chi connectivity index (χ3n) is 5.61. The summed E-state index contributed by atoms with van der Waals surface area (Å²) >= 11 is 6.23. The number of aromatic nitrogens is 3. The van der Waals surface area contributed by atoms with Crippen molar-refractivity contribution in [2.24, 2.45) is 0 Å². The lowest BCUT2D eigenvalue weighted by Gasteiger charge is -2.17. The molecular formula is C21H20ClF2N5O2S. The van der Waals surface area contributed by atoms with Crippen LogP contribution in [0.3, 0.4) is 0 Å². The number of hydrogen-bond acceptors (Lipinski definition) is 5. The van der Waals surface area contributed by atoms with Crippen molar-refractivity contribution in [3.05, 3.63) is 41.2 Å². The van der Waals surface area contributed by atoms with E-state index < -0.39 is 29.4 Å². The van der Waals surface area contributed by atoms with Crippen molar-refractivity contribution >= 4 is 32.5 Å². The summed E-state index contributed by atoms with van der Waals surface area (Å²) in [6.45, 7) is -2.35. The molecule has 1 fully saturated rings. The highest BCUT2D eigenvalue weighted by molar-refractivity contribution is 7.89. The van der Waals surface area contributed by atoms with Crippen LogP contribution < -0.4 is 4.72 Å². The van der Waals surface area contributed by atoms with Crippen LogP contribution in [0.15, 0.2) is 35.5 Å². The summed E-state index contributed by atoms with van der Waals surface area (Å²) in [5, 5.41) is 11.2. The van der Waals surface area contributed by atoms with E-state index in [2.05, 4.69) is 16.0 Å². The largest absolute Gasteiger partial charge is 0.334 e. The summed E-state index contributed by atoms with van der Waals surface area (Å²) in [7, 11) is -4.20. The molecular weight excluding hydrogens is 460 g/mol. The molecule has 11 heteroatoms. The van der Waals surface area contributed by atoms with Crippen molar-refractivity contribution < 1.29 is 17.2 Å². The van der Waals surface area contributed by atoms with E-state index in [1.54, 1.807) is 18.2 Å². The van der Waals surface area contributed by atoms with Crippen LogP contribution in [-0.2, 0) is 10.0 Å². The maximum atomic E-state index is 12.8. The second-order valence-corrected chi connectivity index (χ2v) is 9.82. The van der Waals surface area contributed by atoms with Crippen LogP contribution in [0.4, 0.5) is 8.78 Å². The maximum absolute atomic E-state index is 12.8. The Kier molecular flexibility index (Phi) is 6.42. The number of rotatable bonds is 7. The number of nitrogens with one attached hydrogen (secondary N) is 1. The molecule has 0 bridgehead atoms. The molecule has 0 atom stereocenters. The van der Waals surface area contributed by atoms with E-state index >= 15 is 0 Å². The Morgan fingerprint density at radius 1 is 1.22 bits per heavy atom. The van der Waals surface area contributed by atoms with Crippen LogP contribution in [0.5, 0.6) is 0 Å². The van der Waals surface area contributed by atoms with Crippen LogP contribution in [0.1, 0.15) is 37.3 Å². The second kappa shape index (κ2) is 9.10. The highest BCUT2D eigenvalue weighted by atomic mass is 35.5. The van der Waals surface area contributed by atoms with Gasteiger partial charge in [0.1, 0.15) is 30.0 Å². The predicted molar refractivity (Wildman–Crippen MR) is 116 cm³/mol. The lowest BCUT2D eigenvalue weighted by molar-refractivity contribution is 0.334. The SMILES string of the molecule is N#Cc1c(-c2ncc(S(=O)(=O)NC(CF)CF)cn2)n(C2CCCC2)c2cc(Cl)ccc12. The molecule has 3 aromatic rings. The average molecular weight is 480 g/mol. The zero-order chi connectivity index (χ0) is 22.9. The third kappa shape index (κ3) is 4.08. The minimum atomic E-state index is -4.20. The molecule has 0 amide bonds. The van der Waals surface area contributed by atoms with Crippen molar-refractivity contribution in [1.29, 1.82) is 5.26 Å². The first kappa shape index (κ1) is 22.6. The van der Waals surface area contributed by atoms with E-state index in [9.17, 15) is 22.5 Å². The molecule has 0 spiro atoms. The van der Waals surface area contributed by atoms with Gasteiger partial charge in [-0.1, -0.05) is 24.4 Å². The molecule has 0 radical (unpaired) electrons. The molecule has 1 aliphatic carbocycles. The van der Waals surface area contributed by atoms with E-state index in [0.29, 0.717) is 16.3 Å². The normalized spacial score (nSPS) is 15.0.